The molecule has 1 aliphatic rings. The molecule has 2 aromatic carbocycles. The van der Waals surface area contributed by atoms with Crippen molar-refractivity contribution in [3.8, 4) is 5.75 Å². The highest BCUT2D eigenvalue weighted by atomic mass is 16.5. The van der Waals surface area contributed by atoms with Crippen LogP contribution in [0.3, 0.4) is 0 Å². The maximum atomic E-state index is 10.8. The molecule has 0 aromatic heterocycles. The van der Waals surface area contributed by atoms with E-state index in [0.29, 0.717) is 5.69 Å². The molecule has 1 aliphatic heterocycles. The number of carbonyl (C=O) groups is 1. The van der Waals surface area contributed by atoms with Gasteiger partial charge in [-0.1, -0.05) is 31.9 Å². The summed E-state index contributed by atoms with van der Waals surface area (Å²) in [5, 5.41) is 11.2. The molecule has 0 aliphatic carbocycles. The normalized spacial score (nSPS) is 15.8. The lowest BCUT2D eigenvalue weighted by Gasteiger charge is -2.24. The van der Waals surface area contributed by atoms with Crippen molar-refractivity contribution in [2.75, 3.05) is 12.4 Å². The maximum Gasteiger partial charge on any atom is 0.409 e. The molecule has 0 fully saturated rings. The Hall–Kier alpha value is -2.82. The van der Waals surface area contributed by atoms with E-state index in [0.717, 1.165) is 48.3 Å². The highest BCUT2D eigenvalue weighted by Crippen LogP contribution is 2.29. The topological polar surface area (TPSA) is 70.9 Å². The van der Waals surface area contributed by atoms with E-state index >= 15 is 0 Å². The Morgan fingerprint density at radius 3 is 2.69 bits per heavy atom. The molecule has 0 spiro atoms. The van der Waals surface area contributed by atoms with Crippen LogP contribution in [0.25, 0.3) is 0 Å². The first-order valence-electron chi connectivity index (χ1n) is 8.96. The minimum Gasteiger partial charge on any atom is -0.497 e. The van der Waals surface area contributed by atoms with Gasteiger partial charge in [-0.2, -0.15) is 0 Å². The average molecular weight is 352 g/mol. The number of amides is 1. The van der Waals surface area contributed by atoms with Crippen molar-refractivity contribution in [1.82, 2.24) is 0 Å². The highest BCUT2D eigenvalue weighted by molar-refractivity contribution is 6.14. The quantitative estimate of drug-likeness (QED) is 0.789. The van der Waals surface area contributed by atoms with Crippen LogP contribution in [0.5, 0.6) is 5.75 Å². The second-order valence-corrected chi connectivity index (χ2v) is 6.51. The first-order valence-corrected chi connectivity index (χ1v) is 8.96. The van der Waals surface area contributed by atoms with Crippen LogP contribution >= 0.6 is 0 Å². The Kier molecular flexibility index (Phi) is 5.56. The molecule has 26 heavy (non-hydrogen) atoms. The van der Waals surface area contributed by atoms with Gasteiger partial charge in [-0.25, -0.2) is 4.79 Å². The fourth-order valence-electron chi connectivity index (χ4n) is 3.32. The largest absolute Gasteiger partial charge is 0.497 e. The summed E-state index contributed by atoms with van der Waals surface area (Å²) in [6, 6.07) is 13.8. The van der Waals surface area contributed by atoms with Gasteiger partial charge in [0.1, 0.15) is 5.75 Å². The molecule has 2 N–H and O–H groups in total. The summed E-state index contributed by atoms with van der Waals surface area (Å²) in [5.41, 5.74) is 4.89. The lowest BCUT2D eigenvalue weighted by Crippen LogP contribution is -2.22. The van der Waals surface area contributed by atoms with Crippen molar-refractivity contribution in [3.05, 3.63) is 59.2 Å². The van der Waals surface area contributed by atoms with Gasteiger partial charge in [-0.3, -0.25) is 10.3 Å². The molecule has 136 valence electrons. The standard InChI is InChI=1S/C21H24N2O3/c1-3-4-5-17-12-15-13-18(26-2)10-11-19(15)20(22-17)14-6-8-16(9-7-14)23-21(24)25/h6-11,13,17,23H,3-5,12H2,1-2H3,(H,24,25)/t17-/m0/s1. The maximum absolute atomic E-state index is 10.8. The zero-order valence-electron chi connectivity index (χ0n) is 15.2. The Bertz CT molecular complexity index is 813. The number of unbranched alkanes of at least 4 members (excludes halogenated alkanes) is 1. The van der Waals surface area contributed by atoms with Crippen molar-refractivity contribution in [2.24, 2.45) is 4.99 Å². The van der Waals surface area contributed by atoms with Crippen molar-refractivity contribution in [3.63, 3.8) is 0 Å². The summed E-state index contributed by atoms with van der Waals surface area (Å²) in [4.78, 5) is 15.8. The molecule has 3 rings (SSSR count). The summed E-state index contributed by atoms with van der Waals surface area (Å²) >= 11 is 0. The summed E-state index contributed by atoms with van der Waals surface area (Å²) in [6.45, 7) is 2.19. The molecular formula is C21H24N2O3. The number of ether oxygens (including phenoxy) is 1. The monoisotopic (exact) mass is 352 g/mol. The molecule has 0 bridgehead atoms. The SMILES string of the molecule is CCCC[C@H]1Cc2cc(OC)ccc2C(c2ccc(NC(=O)O)cc2)=N1. The lowest BCUT2D eigenvalue weighted by molar-refractivity contribution is 0.210. The fourth-order valence-corrected chi connectivity index (χ4v) is 3.32. The molecule has 0 radical (unpaired) electrons. The predicted molar refractivity (Wildman–Crippen MR) is 104 cm³/mol. The van der Waals surface area contributed by atoms with Crippen LogP contribution < -0.4 is 10.1 Å². The number of nitrogens with zero attached hydrogens (tertiary/aromatic N) is 1. The number of benzene rings is 2. The average Bonchev–Trinajstić information content (AvgIpc) is 2.65. The van der Waals surface area contributed by atoms with Crippen LogP contribution in [0.15, 0.2) is 47.5 Å². The van der Waals surface area contributed by atoms with Gasteiger partial charge in [0.05, 0.1) is 18.9 Å². The van der Waals surface area contributed by atoms with Gasteiger partial charge < -0.3 is 9.84 Å². The van der Waals surface area contributed by atoms with Crippen molar-refractivity contribution in [2.45, 2.75) is 38.6 Å². The van der Waals surface area contributed by atoms with Crippen LogP contribution in [-0.2, 0) is 6.42 Å². The first-order chi connectivity index (χ1) is 12.6. The zero-order chi connectivity index (χ0) is 18.5. The Balaban J connectivity index is 1.96. The molecule has 1 amide bonds. The minimum atomic E-state index is -1.06. The minimum absolute atomic E-state index is 0.265. The van der Waals surface area contributed by atoms with E-state index in [1.54, 1.807) is 19.2 Å². The second-order valence-electron chi connectivity index (χ2n) is 6.51. The Morgan fingerprint density at radius 2 is 2.04 bits per heavy atom. The molecule has 5 nitrogen and oxygen atoms in total. The fraction of sp³-hybridized carbons (Fsp3) is 0.333. The zero-order valence-corrected chi connectivity index (χ0v) is 15.2. The van der Waals surface area contributed by atoms with E-state index in [1.165, 1.54) is 5.56 Å². The van der Waals surface area contributed by atoms with E-state index in [9.17, 15) is 4.79 Å². The third-order valence-corrected chi connectivity index (χ3v) is 4.64. The molecule has 0 unspecified atom stereocenters. The van der Waals surface area contributed by atoms with Gasteiger partial charge in [0, 0.05) is 16.8 Å². The molecule has 5 heteroatoms. The van der Waals surface area contributed by atoms with Crippen molar-refractivity contribution in [1.29, 1.82) is 0 Å². The third-order valence-electron chi connectivity index (χ3n) is 4.64. The van der Waals surface area contributed by atoms with Crippen LogP contribution in [-0.4, -0.2) is 30.1 Å². The van der Waals surface area contributed by atoms with Crippen LogP contribution in [0.2, 0.25) is 0 Å². The molecule has 2 aromatic rings. The number of rotatable bonds is 6. The number of methoxy groups -OCH3 is 1. The molecule has 0 saturated carbocycles. The Labute approximate surface area is 153 Å². The number of nitrogens with one attached hydrogen (secondary N) is 1. The third kappa shape index (κ3) is 4.04. The second kappa shape index (κ2) is 8.04. The highest BCUT2D eigenvalue weighted by Gasteiger charge is 2.22. The van der Waals surface area contributed by atoms with Gasteiger partial charge in [0.2, 0.25) is 0 Å². The number of hydrogen-bond acceptors (Lipinski definition) is 3. The van der Waals surface area contributed by atoms with Crippen LogP contribution in [0, 0.1) is 0 Å². The summed E-state index contributed by atoms with van der Waals surface area (Å²) in [5.74, 6) is 0.861. The number of carboxylic acid groups (broad SMARTS) is 1. The van der Waals surface area contributed by atoms with E-state index in [4.69, 9.17) is 14.8 Å². The van der Waals surface area contributed by atoms with Gasteiger partial charge in [-0.15, -0.1) is 0 Å². The first kappa shape index (κ1) is 18.0. The van der Waals surface area contributed by atoms with Crippen molar-refractivity contribution < 1.29 is 14.6 Å². The van der Waals surface area contributed by atoms with E-state index in [1.807, 2.05) is 18.2 Å². The van der Waals surface area contributed by atoms with Gasteiger partial charge in [0.15, 0.2) is 0 Å². The summed E-state index contributed by atoms with van der Waals surface area (Å²) < 4.78 is 5.39. The summed E-state index contributed by atoms with van der Waals surface area (Å²) in [6.07, 6.45) is 3.23. The number of anilines is 1. The van der Waals surface area contributed by atoms with E-state index < -0.39 is 6.09 Å². The van der Waals surface area contributed by atoms with Gasteiger partial charge in [0.25, 0.3) is 0 Å². The number of fused-ring (bicyclic) bond motifs is 1. The lowest BCUT2D eigenvalue weighted by atomic mass is 9.88. The van der Waals surface area contributed by atoms with Gasteiger partial charge in [-0.05, 0) is 48.7 Å². The molecule has 1 heterocycles. The molecule has 1 atom stereocenters. The van der Waals surface area contributed by atoms with Crippen molar-refractivity contribution >= 4 is 17.5 Å². The number of aliphatic imine (C=N–C) groups is 1. The number of hydrogen-bond donors (Lipinski definition) is 2. The smallest absolute Gasteiger partial charge is 0.409 e. The van der Waals surface area contributed by atoms with E-state index in [2.05, 4.69) is 24.4 Å². The van der Waals surface area contributed by atoms with E-state index in [-0.39, 0.29) is 6.04 Å². The van der Waals surface area contributed by atoms with Crippen LogP contribution in [0.1, 0.15) is 42.9 Å². The van der Waals surface area contributed by atoms with Crippen LogP contribution in [0.4, 0.5) is 10.5 Å². The Morgan fingerprint density at radius 1 is 1.27 bits per heavy atom. The summed E-state index contributed by atoms with van der Waals surface area (Å²) in [7, 11) is 1.68. The predicted octanol–water partition coefficient (Wildman–Crippen LogP) is 4.74. The molecular weight excluding hydrogens is 328 g/mol. The van der Waals surface area contributed by atoms with Gasteiger partial charge >= 0.3 is 6.09 Å². The molecule has 0 saturated heterocycles.